The number of ether oxygens (including phenoxy) is 1. The standard InChI is InChI=1S/C21H27BrN6O3/c1-4-31-8-7-24-11-15-18(27-21(25-10-12(2)29)28-19(15)23-3)17-14-9-13(22)5-6-16(14)26-20(17)30/h5-6,9,11-12,17,29H,4,7-8,10H2,1-3H3,(H,26,30)(H2,23,25,27,28)/t12-,17?/m1/s1. The van der Waals surface area contributed by atoms with Crippen LogP contribution in [0.5, 0.6) is 0 Å². The van der Waals surface area contributed by atoms with Crippen molar-refractivity contribution in [2.45, 2.75) is 25.9 Å². The van der Waals surface area contributed by atoms with E-state index in [1.807, 2.05) is 25.1 Å². The lowest BCUT2D eigenvalue weighted by atomic mass is 9.94. The third kappa shape index (κ3) is 5.57. The van der Waals surface area contributed by atoms with Crippen molar-refractivity contribution in [1.29, 1.82) is 0 Å². The van der Waals surface area contributed by atoms with Gasteiger partial charge in [-0.3, -0.25) is 9.79 Å². The van der Waals surface area contributed by atoms with Gasteiger partial charge in [0.15, 0.2) is 0 Å². The molecule has 0 fully saturated rings. The number of benzene rings is 1. The van der Waals surface area contributed by atoms with Crippen molar-refractivity contribution in [3.8, 4) is 0 Å². The Morgan fingerprint density at radius 2 is 2.23 bits per heavy atom. The van der Waals surface area contributed by atoms with E-state index in [9.17, 15) is 9.90 Å². The molecule has 1 aliphatic rings. The van der Waals surface area contributed by atoms with Gasteiger partial charge in [-0.25, -0.2) is 4.98 Å². The summed E-state index contributed by atoms with van der Waals surface area (Å²) < 4.78 is 6.21. The summed E-state index contributed by atoms with van der Waals surface area (Å²) in [7, 11) is 1.75. The third-order valence-electron chi connectivity index (χ3n) is 4.67. The van der Waals surface area contributed by atoms with Crippen LogP contribution in [0.2, 0.25) is 0 Å². The maximum Gasteiger partial charge on any atom is 0.238 e. The van der Waals surface area contributed by atoms with Gasteiger partial charge in [0.25, 0.3) is 0 Å². The molecule has 0 radical (unpaired) electrons. The summed E-state index contributed by atoms with van der Waals surface area (Å²) in [6.45, 7) is 5.50. The summed E-state index contributed by atoms with van der Waals surface area (Å²) in [5.74, 6) is 0.0693. The number of rotatable bonds is 10. The van der Waals surface area contributed by atoms with Crippen LogP contribution in [0.3, 0.4) is 0 Å². The van der Waals surface area contributed by atoms with Crippen LogP contribution >= 0.6 is 15.9 Å². The van der Waals surface area contributed by atoms with Gasteiger partial charge in [-0.05, 0) is 37.6 Å². The highest BCUT2D eigenvalue weighted by Gasteiger charge is 2.36. The van der Waals surface area contributed by atoms with Crippen molar-refractivity contribution in [3.63, 3.8) is 0 Å². The van der Waals surface area contributed by atoms with Crippen LogP contribution in [0, 0.1) is 0 Å². The maximum atomic E-state index is 13.0. The number of hydrogen-bond acceptors (Lipinski definition) is 8. The third-order valence-corrected chi connectivity index (χ3v) is 5.17. The van der Waals surface area contributed by atoms with Crippen molar-refractivity contribution in [2.24, 2.45) is 4.99 Å². The molecule has 4 N–H and O–H groups in total. The summed E-state index contributed by atoms with van der Waals surface area (Å²) in [5, 5.41) is 18.7. The molecule has 3 rings (SSSR count). The van der Waals surface area contributed by atoms with Crippen LogP contribution in [0.4, 0.5) is 17.5 Å². The molecule has 1 aromatic heterocycles. The van der Waals surface area contributed by atoms with Crippen LogP contribution in [-0.2, 0) is 9.53 Å². The fraction of sp³-hybridized carbons (Fsp3) is 0.429. The first kappa shape index (κ1) is 23.1. The van der Waals surface area contributed by atoms with E-state index in [-0.39, 0.29) is 12.5 Å². The molecule has 1 unspecified atom stereocenters. The summed E-state index contributed by atoms with van der Waals surface area (Å²) in [5.41, 5.74) is 2.74. The Kier molecular flexibility index (Phi) is 7.94. The highest BCUT2D eigenvalue weighted by molar-refractivity contribution is 9.10. The Morgan fingerprint density at radius 3 is 2.94 bits per heavy atom. The van der Waals surface area contributed by atoms with Gasteiger partial charge in [-0.1, -0.05) is 15.9 Å². The van der Waals surface area contributed by atoms with E-state index < -0.39 is 12.0 Å². The van der Waals surface area contributed by atoms with Crippen LogP contribution in [0.25, 0.3) is 0 Å². The lowest BCUT2D eigenvalue weighted by molar-refractivity contribution is -0.116. The van der Waals surface area contributed by atoms with Crippen molar-refractivity contribution in [1.82, 2.24) is 9.97 Å². The Bertz CT molecular complexity index is 966. The first-order chi connectivity index (χ1) is 14.9. The average molecular weight is 491 g/mol. The zero-order valence-electron chi connectivity index (χ0n) is 17.8. The number of carbonyl (C=O) groups is 1. The fourth-order valence-corrected chi connectivity index (χ4v) is 3.64. The number of fused-ring (bicyclic) bond motifs is 1. The zero-order valence-corrected chi connectivity index (χ0v) is 19.4. The number of carbonyl (C=O) groups excluding carboxylic acids is 1. The molecule has 2 heterocycles. The molecule has 166 valence electrons. The molecule has 2 aromatic rings. The van der Waals surface area contributed by atoms with Gasteiger partial charge in [-0.15, -0.1) is 0 Å². The molecule has 9 nitrogen and oxygen atoms in total. The van der Waals surface area contributed by atoms with E-state index in [4.69, 9.17) is 4.74 Å². The second-order valence-corrected chi connectivity index (χ2v) is 7.98. The van der Waals surface area contributed by atoms with E-state index in [0.717, 1.165) is 15.7 Å². The molecule has 0 saturated carbocycles. The van der Waals surface area contributed by atoms with E-state index in [0.29, 0.717) is 42.8 Å². The molecule has 0 spiro atoms. The second-order valence-electron chi connectivity index (χ2n) is 7.06. The number of halogens is 1. The summed E-state index contributed by atoms with van der Waals surface area (Å²) in [4.78, 5) is 26.6. The molecule has 0 saturated heterocycles. The molecule has 31 heavy (non-hydrogen) atoms. The predicted octanol–water partition coefficient (Wildman–Crippen LogP) is 2.61. The van der Waals surface area contributed by atoms with Crippen LogP contribution < -0.4 is 16.0 Å². The molecule has 1 aliphatic heterocycles. The van der Waals surface area contributed by atoms with Gasteiger partial charge in [0.2, 0.25) is 11.9 Å². The van der Waals surface area contributed by atoms with Crippen molar-refractivity contribution >= 4 is 45.5 Å². The second kappa shape index (κ2) is 10.7. The minimum atomic E-state index is -0.622. The lowest BCUT2D eigenvalue weighted by Gasteiger charge is -2.17. The number of nitrogens with zero attached hydrogens (tertiary/aromatic N) is 3. The number of aliphatic hydroxyl groups excluding tert-OH is 1. The molecule has 1 aromatic carbocycles. The Morgan fingerprint density at radius 1 is 1.42 bits per heavy atom. The predicted molar refractivity (Wildman–Crippen MR) is 125 cm³/mol. The van der Waals surface area contributed by atoms with Crippen LogP contribution in [-0.4, -0.2) is 66.7 Å². The molecular weight excluding hydrogens is 464 g/mol. The highest BCUT2D eigenvalue weighted by Crippen LogP contribution is 2.40. The molecule has 0 bridgehead atoms. The Balaban J connectivity index is 2.08. The number of aliphatic imine (C=N–C) groups is 1. The monoisotopic (exact) mass is 490 g/mol. The number of aromatic nitrogens is 2. The van der Waals surface area contributed by atoms with Crippen LogP contribution in [0.15, 0.2) is 27.7 Å². The van der Waals surface area contributed by atoms with Crippen molar-refractivity contribution in [2.75, 3.05) is 49.3 Å². The van der Waals surface area contributed by atoms with E-state index in [1.165, 1.54) is 0 Å². The number of anilines is 3. The maximum absolute atomic E-state index is 13.0. The summed E-state index contributed by atoms with van der Waals surface area (Å²) in [6.07, 6.45) is 1.11. The number of aliphatic hydroxyl groups is 1. The zero-order chi connectivity index (χ0) is 22.4. The minimum absolute atomic E-state index is 0.167. The minimum Gasteiger partial charge on any atom is -0.392 e. The van der Waals surface area contributed by atoms with Gasteiger partial charge >= 0.3 is 0 Å². The average Bonchev–Trinajstić information content (AvgIpc) is 3.06. The molecule has 2 atom stereocenters. The van der Waals surface area contributed by atoms with Gasteiger partial charge in [0.1, 0.15) is 11.7 Å². The molecule has 1 amide bonds. The summed E-state index contributed by atoms with van der Waals surface area (Å²) >= 11 is 3.49. The van der Waals surface area contributed by atoms with Crippen LogP contribution in [0.1, 0.15) is 36.6 Å². The van der Waals surface area contributed by atoms with Crippen molar-refractivity contribution in [3.05, 3.63) is 39.5 Å². The molecule has 0 aliphatic carbocycles. The van der Waals surface area contributed by atoms with Gasteiger partial charge in [0, 0.05) is 36.6 Å². The first-order valence-corrected chi connectivity index (χ1v) is 10.9. The van der Waals surface area contributed by atoms with Crippen molar-refractivity contribution < 1.29 is 14.6 Å². The topological polar surface area (TPSA) is 121 Å². The highest BCUT2D eigenvalue weighted by atomic mass is 79.9. The van der Waals surface area contributed by atoms with E-state index in [1.54, 1.807) is 20.2 Å². The van der Waals surface area contributed by atoms with Gasteiger partial charge in [-0.2, -0.15) is 4.98 Å². The van der Waals surface area contributed by atoms with Gasteiger partial charge in [0.05, 0.1) is 30.5 Å². The Labute approximate surface area is 189 Å². The lowest BCUT2D eigenvalue weighted by Crippen LogP contribution is -2.21. The number of amides is 1. The summed E-state index contributed by atoms with van der Waals surface area (Å²) in [6, 6.07) is 5.66. The first-order valence-electron chi connectivity index (χ1n) is 10.1. The van der Waals surface area contributed by atoms with Gasteiger partial charge < -0.3 is 25.8 Å². The van der Waals surface area contributed by atoms with E-state index in [2.05, 4.69) is 46.8 Å². The fourth-order valence-electron chi connectivity index (χ4n) is 3.26. The largest absolute Gasteiger partial charge is 0.392 e. The number of hydrogen-bond donors (Lipinski definition) is 4. The Hall–Kier alpha value is -2.56. The molecular formula is C21H27BrN6O3. The number of nitrogens with one attached hydrogen (secondary N) is 3. The normalized spacial score (nSPS) is 16.3. The SMILES string of the molecule is CCOCCN=Cc1c(NC)nc(NC[C@@H](C)O)nc1C1C(=O)Nc2ccc(Br)cc21. The van der Waals surface area contributed by atoms with E-state index >= 15 is 0 Å². The molecule has 10 heteroatoms. The smallest absolute Gasteiger partial charge is 0.238 e. The quantitative estimate of drug-likeness (QED) is 0.298.